The lowest BCUT2D eigenvalue weighted by molar-refractivity contribution is 0.728. The zero-order valence-electron chi connectivity index (χ0n) is 32.9. The van der Waals surface area contributed by atoms with Crippen molar-refractivity contribution in [3.63, 3.8) is 0 Å². The summed E-state index contributed by atoms with van der Waals surface area (Å²) in [5.41, 5.74) is 10.1. The highest BCUT2D eigenvalue weighted by Crippen LogP contribution is 2.52. The molecule has 3 atom stereocenters. The van der Waals surface area contributed by atoms with Crippen molar-refractivity contribution in [3.05, 3.63) is 198 Å². The molecule has 4 aliphatic rings. The molecular formula is C55H42N2S2. The number of nitrogens with zero attached hydrogens (tertiary/aromatic N) is 2. The van der Waals surface area contributed by atoms with E-state index < -0.39 is 0 Å². The summed E-state index contributed by atoms with van der Waals surface area (Å²) in [5.74, 6) is 0.966. The smallest absolute Gasteiger partial charge is 0.0546 e. The predicted molar refractivity (Wildman–Crippen MR) is 257 cm³/mol. The minimum atomic E-state index is 0.386. The number of fused-ring (bicyclic) bond motifs is 11. The third-order valence-corrected chi connectivity index (χ3v) is 15.3. The molecule has 0 saturated heterocycles. The summed E-state index contributed by atoms with van der Waals surface area (Å²) in [6, 6.07) is 48.3. The maximum absolute atomic E-state index is 2.56. The van der Waals surface area contributed by atoms with E-state index in [1.807, 2.05) is 23.1 Å². The first-order chi connectivity index (χ1) is 29.2. The van der Waals surface area contributed by atoms with E-state index in [4.69, 9.17) is 0 Å². The normalized spacial score (nSPS) is 19.0. The molecule has 0 spiro atoms. The van der Waals surface area contributed by atoms with Gasteiger partial charge in [0.1, 0.15) is 0 Å². The van der Waals surface area contributed by atoms with Gasteiger partial charge < -0.3 is 9.80 Å². The third-order valence-electron chi connectivity index (χ3n) is 12.7. The molecule has 4 heteroatoms. The van der Waals surface area contributed by atoms with Crippen LogP contribution in [0.25, 0.3) is 48.5 Å². The number of hydrogen-bond donors (Lipinski definition) is 0. The molecule has 0 saturated carbocycles. The summed E-state index contributed by atoms with van der Waals surface area (Å²) < 4.78 is 1.37. The highest BCUT2D eigenvalue weighted by molar-refractivity contribution is 8.00. The zero-order valence-corrected chi connectivity index (χ0v) is 34.5. The summed E-state index contributed by atoms with van der Waals surface area (Å²) >= 11 is 3.95. The summed E-state index contributed by atoms with van der Waals surface area (Å²) in [6.45, 7) is 2.32. The molecule has 284 valence electrons. The molecule has 7 aromatic carbocycles. The predicted octanol–water partition coefficient (Wildman–Crippen LogP) is 16.1. The molecule has 8 aromatic rings. The van der Waals surface area contributed by atoms with Gasteiger partial charge in [0, 0.05) is 64.6 Å². The second-order valence-corrected chi connectivity index (χ2v) is 18.7. The number of para-hydroxylation sites is 1. The summed E-state index contributed by atoms with van der Waals surface area (Å²) in [7, 11) is 0. The Kier molecular flexibility index (Phi) is 8.31. The van der Waals surface area contributed by atoms with E-state index in [1.54, 1.807) is 0 Å². The van der Waals surface area contributed by atoms with Crippen LogP contribution in [0, 0.1) is 5.92 Å². The first kappa shape index (κ1) is 34.9. The Hall–Kier alpha value is -6.07. The first-order valence-corrected chi connectivity index (χ1v) is 22.6. The topological polar surface area (TPSA) is 6.48 Å². The van der Waals surface area contributed by atoms with Crippen LogP contribution in [0.4, 0.5) is 28.4 Å². The van der Waals surface area contributed by atoms with Crippen LogP contribution in [0.3, 0.4) is 0 Å². The average molecular weight is 795 g/mol. The molecule has 59 heavy (non-hydrogen) atoms. The van der Waals surface area contributed by atoms with Crippen LogP contribution >= 0.6 is 23.1 Å². The Morgan fingerprint density at radius 3 is 2.03 bits per heavy atom. The lowest BCUT2D eigenvalue weighted by Crippen LogP contribution is -2.18. The molecule has 1 aliphatic heterocycles. The van der Waals surface area contributed by atoms with E-state index in [0.29, 0.717) is 17.1 Å². The van der Waals surface area contributed by atoms with E-state index in [0.717, 1.165) is 24.9 Å². The Balaban J connectivity index is 1.10. The van der Waals surface area contributed by atoms with Gasteiger partial charge in [0.2, 0.25) is 0 Å². The molecular weight excluding hydrogens is 753 g/mol. The fourth-order valence-corrected chi connectivity index (χ4v) is 12.6. The molecule has 12 rings (SSSR count). The first-order valence-electron chi connectivity index (χ1n) is 20.9. The summed E-state index contributed by atoms with van der Waals surface area (Å²) in [4.78, 5) is 7.94. The minimum Gasteiger partial charge on any atom is -0.314 e. The van der Waals surface area contributed by atoms with Gasteiger partial charge in [0.05, 0.1) is 11.4 Å². The van der Waals surface area contributed by atoms with E-state index in [-0.39, 0.29) is 0 Å². The van der Waals surface area contributed by atoms with Crippen molar-refractivity contribution in [2.45, 2.75) is 42.2 Å². The van der Waals surface area contributed by atoms with Gasteiger partial charge in [0.15, 0.2) is 0 Å². The van der Waals surface area contributed by atoms with Crippen LogP contribution in [-0.4, -0.2) is 5.25 Å². The van der Waals surface area contributed by atoms with Crippen LogP contribution < -0.4 is 9.80 Å². The molecule has 3 unspecified atom stereocenters. The highest BCUT2D eigenvalue weighted by Gasteiger charge is 2.32. The van der Waals surface area contributed by atoms with Crippen LogP contribution in [0.5, 0.6) is 0 Å². The molecule has 0 bridgehead atoms. The Bertz CT molecular complexity index is 3160. The molecule has 2 nitrogen and oxygen atoms in total. The lowest BCUT2D eigenvalue weighted by atomic mass is 9.91. The number of allylic oxidation sites excluding steroid dienone is 8. The van der Waals surface area contributed by atoms with Gasteiger partial charge in [-0.2, -0.15) is 0 Å². The van der Waals surface area contributed by atoms with Crippen molar-refractivity contribution < 1.29 is 0 Å². The summed E-state index contributed by atoms with van der Waals surface area (Å²) in [5, 5.41) is 9.34. The molecule has 3 aliphatic carbocycles. The van der Waals surface area contributed by atoms with E-state index in [2.05, 4.69) is 199 Å². The molecule has 0 amide bonds. The monoisotopic (exact) mass is 794 g/mol. The second kappa shape index (κ2) is 14.0. The third kappa shape index (κ3) is 5.76. The van der Waals surface area contributed by atoms with Crippen LogP contribution in [0.15, 0.2) is 187 Å². The standard InChI is InChI=1S/C55H42N2S2/c1-35-24-27-45-49-32-39(26-29-54(49)59-55(45)30-35)57(37-16-6-3-7-17-37)51-34-47-40-18-8-10-20-42(40)50(33-46(47)41-19-9-11-21-43(41)51)56(36-14-4-2-5-15-36)38-25-28-53-48(31-38)44-22-12-13-23-52(44)58-53/h2-6,8-16,18-29,31-35,44,52H,7,17,30H2,1H3. The Labute approximate surface area is 353 Å². The fraction of sp³-hybridized carbons (Fsp3) is 0.127. The fourth-order valence-electron chi connectivity index (χ4n) is 9.94. The van der Waals surface area contributed by atoms with E-state index >= 15 is 0 Å². The van der Waals surface area contributed by atoms with Crippen molar-refractivity contribution in [2.24, 2.45) is 5.92 Å². The minimum absolute atomic E-state index is 0.386. The molecule has 2 heterocycles. The van der Waals surface area contributed by atoms with E-state index in [9.17, 15) is 0 Å². The quantitative estimate of drug-likeness (QED) is 0.155. The average Bonchev–Trinajstić information content (AvgIpc) is 3.85. The maximum atomic E-state index is 2.56. The number of anilines is 5. The zero-order chi connectivity index (χ0) is 39.0. The molecule has 0 radical (unpaired) electrons. The highest BCUT2D eigenvalue weighted by atomic mass is 32.2. The van der Waals surface area contributed by atoms with Crippen LogP contribution in [-0.2, 0) is 6.42 Å². The van der Waals surface area contributed by atoms with Crippen LogP contribution in [0.2, 0.25) is 0 Å². The number of rotatable bonds is 6. The molecule has 0 fully saturated rings. The lowest BCUT2D eigenvalue weighted by Gasteiger charge is -2.31. The van der Waals surface area contributed by atoms with E-state index in [1.165, 1.54) is 91.7 Å². The summed E-state index contributed by atoms with van der Waals surface area (Å²) in [6.07, 6.45) is 23.9. The number of benzene rings is 7. The number of thioether (sulfide) groups is 1. The van der Waals surface area contributed by atoms with Crippen molar-refractivity contribution in [2.75, 3.05) is 9.80 Å². The van der Waals surface area contributed by atoms with Gasteiger partial charge in [-0.05, 0) is 125 Å². The van der Waals surface area contributed by atoms with Gasteiger partial charge in [0.25, 0.3) is 0 Å². The van der Waals surface area contributed by atoms with Gasteiger partial charge in [-0.1, -0.05) is 122 Å². The van der Waals surface area contributed by atoms with Gasteiger partial charge in [-0.15, -0.1) is 23.1 Å². The van der Waals surface area contributed by atoms with Crippen LogP contribution in [0.1, 0.15) is 41.7 Å². The maximum Gasteiger partial charge on any atom is 0.0546 e. The largest absolute Gasteiger partial charge is 0.314 e. The SMILES string of the molecule is CC1C=Cc2c(sc3ccc(N(C4=CC=CCC4)c4cc5c6ccccc6c(N(c6ccccc6)c6ccc7c(c6)C6C=CC=CC6S7)cc5c5ccccc45)cc23)C1. The Morgan fingerprint density at radius 1 is 0.576 bits per heavy atom. The second-order valence-electron chi connectivity index (χ2n) is 16.4. The number of hydrogen-bond acceptors (Lipinski definition) is 4. The van der Waals surface area contributed by atoms with Crippen molar-refractivity contribution >= 4 is 100 Å². The van der Waals surface area contributed by atoms with Gasteiger partial charge in [-0.25, -0.2) is 0 Å². The number of thiophene rings is 1. The van der Waals surface area contributed by atoms with Crippen molar-refractivity contribution in [3.8, 4) is 0 Å². The van der Waals surface area contributed by atoms with Gasteiger partial charge >= 0.3 is 0 Å². The van der Waals surface area contributed by atoms with Crippen molar-refractivity contribution in [1.29, 1.82) is 0 Å². The van der Waals surface area contributed by atoms with Gasteiger partial charge in [-0.3, -0.25) is 0 Å². The van der Waals surface area contributed by atoms with Crippen molar-refractivity contribution in [1.82, 2.24) is 0 Å². The Morgan fingerprint density at radius 2 is 1.27 bits per heavy atom. The molecule has 0 N–H and O–H groups in total. The molecule has 1 aromatic heterocycles.